The maximum Gasteiger partial charge on any atom is 0.331 e. The Labute approximate surface area is 76.5 Å². The smallest absolute Gasteiger partial charge is 0.258 e. The van der Waals surface area contributed by atoms with Gasteiger partial charge in [-0.2, -0.15) is 4.39 Å². The maximum absolute atomic E-state index is 12.9. The van der Waals surface area contributed by atoms with Gasteiger partial charge in [0.2, 0.25) is 5.82 Å². The SMILES string of the molecule is Cc1cc(F)c([N+](=O)[O-])c(C(F)F)n1. The zero-order valence-electron chi connectivity index (χ0n) is 7.00. The molecular weight excluding hydrogens is 201 g/mol. The van der Waals surface area contributed by atoms with Crippen molar-refractivity contribution < 1.29 is 18.1 Å². The fourth-order valence-corrected chi connectivity index (χ4v) is 0.982. The van der Waals surface area contributed by atoms with Gasteiger partial charge in [0.1, 0.15) is 0 Å². The summed E-state index contributed by atoms with van der Waals surface area (Å²) in [6, 6.07) is 0.740. The summed E-state index contributed by atoms with van der Waals surface area (Å²) in [4.78, 5) is 12.3. The van der Waals surface area contributed by atoms with Gasteiger partial charge in [0.25, 0.3) is 6.43 Å². The molecule has 0 bridgehead atoms. The monoisotopic (exact) mass is 206 g/mol. The largest absolute Gasteiger partial charge is 0.331 e. The fraction of sp³-hybridized carbons (Fsp3) is 0.286. The highest BCUT2D eigenvalue weighted by Crippen LogP contribution is 2.29. The molecule has 0 saturated heterocycles. The Bertz CT molecular complexity index is 381. The van der Waals surface area contributed by atoms with Gasteiger partial charge >= 0.3 is 5.69 Å². The Kier molecular flexibility index (Phi) is 2.68. The molecule has 0 N–H and O–H groups in total. The van der Waals surface area contributed by atoms with E-state index in [0.29, 0.717) is 0 Å². The molecule has 0 amide bonds. The minimum absolute atomic E-state index is 0.0246. The van der Waals surface area contributed by atoms with Crippen molar-refractivity contribution in [2.24, 2.45) is 0 Å². The lowest BCUT2D eigenvalue weighted by atomic mass is 10.2. The van der Waals surface area contributed by atoms with E-state index >= 15 is 0 Å². The number of nitrogens with zero attached hydrogens (tertiary/aromatic N) is 2. The average molecular weight is 206 g/mol. The molecule has 0 aliphatic rings. The number of hydrogen-bond donors (Lipinski definition) is 0. The predicted octanol–water partition coefficient (Wildman–Crippen LogP) is 2.37. The number of aryl methyl sites for hydroxylation is 1. The van der Waals surface area contributed by atoms with Gasteiger partial charge in [-0.15, -0.1) is 0 Å². The van der Waals surface area contributed by atoms with Crippen molar-refractivity contribution in [3.63, 3.8) is 0 Å². The van der Waals surface area contributed by atoms with E-state index in [1.54, 1.807) is 0 Å². The van der Waals surface area contributed by atoms with Gasteiger partial charge in [0.05, 0.1) is 4.92 Å². The lowest BCUT2D eigenvalue weighted by molar-refractivity contribution is -0.389. The van der Waals surface area contributed by atoms with Crippen LogP contribution in [-0.2, 0) is 0 Å². The molecule has 0 saturated carbocycles. The van der Waals surface area contributed by atoms with Gasteiger partial charge in [-0.1, -0.05) is 0 Å². The number of alkyl halides is 2. The standard InChI is InChI=1S/C7H5F3N2O2/c1-3-2-4(8)6(12(13)14)5(11-3)7(9)10/h2,7H,1H3. The molecule has 0 aromatic carbocycles. The van der Waals surface area contributed by atoms with E-state index in [1.165, 1.54) is 6.92 Å². The molecule has 14 heavy (non-hydrogen) atoms. The first kappa shape index (κ1) is 10.4. The highest BCUT2D eigenvalue weighted by molar-refractivity contribution is 5.38. The second-order valence-electron chi connectivity index (χ2n) is 2.54. The Hall–Kier alpha value is -1.66. The zero-order chi connectivity index (χ0) is 10.9. The Morgan fingerprint density at radius 2 is 2.14 bits per heavy atom. The quantitative estimate of drug-likeness (QED) is 0.551. The summed E-state index contributed by atoms with van der Waals surface area (Å²) >= 11 is 0. The Morgan fingerprint density at radius 3 is 2.57 bits per heavy atom. The molecule has 1 heterocycles. The summed E-state index contributed by atoms with van der Waals surface area (Å²) in [5.41, 5.74) is -2.42. The van der Waals surface area contributed by atoms with Crippen LogP contribution in [0.4, 0.5) is 18.9 Å². The minimum Gasteiger partial charge on any atom is -0.258 e. The van der Waals surface area contributed by atoms with Crippen LogP contribution in [-0.4, -0.2) is 9.91 Å². The summed E-state index contributed by atoms with van der Waals surface area (Å²) in [7, 11) is 0. The fourth-order valence-electron chi connectivity index (χ4n) is 0.982. The van der Waals surface area contributed by atoms with Crippen LogP contribution in [0.5, 0.6) is 0 Å². The molecule has 0 unspecified atom stereocenters. The summed E-state index contributed by atoms with van der Waals surface area (Å²) in [6.07, 6.45) is -3.16. The number of aromatic nitrogens is 1. The second kappa shape index (κ2) is 3.60. The molecule has 4 nitrogen and oxygen atoms in total. The third-order valence-electron chi connectivity index (χ3n) is 1.49. The summed E-state index contributed by atoms with van der Waals surface area (Å²) in [6.45, 7) is 1.28. The third-order valence-corrected chi connectivity index (χ3v) is 1.49. The normalized spacial score (nSPS) is 10.6. The topological polar surface area (TPSA) is 56.0 Å². The molecule has 0 spiro atoms. The first-order valence-electron chi connectivity index (χ1n) is 3.53. The van der Waals surface area contributed by atoms with E-state index in [1.807, 2.05) is 0 Å². The van der Waals surface area contributed by atoms with Crippen molar-refractivity contribution >= 4 is 5.69 Å². The molecule has 1 aromatic heterocycles. The van der Waals surface area contributed by atoms with Crippen LogP contribution < -0.4 is 0 Å². The van der Waals surface area contributed by atoms with Crippen LogP contribution >= 0.6 is 0 Å². The number of rotatable bonds is 2. The number of hydrogen-bond acceptors (Lipinski definition) is 3. The van der Waals surface area contributed by atoms with Crippen molar-refractivity contribution in [1.82, 2.24) is 4.98 Å². The number of nitro groups is 1. The van der Waals surface area contributed by atoms with Crippen LogP contribution in [0.25, 0.3) is 0 Å². The van der Waals surface area contributed by atoms with Gasteiger partial charge in [-0.05, 0) is 6.92 Å². The van der Waals surface area contributed by atoms with Gasteiger partial charge in [-0.3, -0.25) is 10.1 Å². The third kappa shape index (κ3) is 1.81. The highest BCUT2D eigenvalue weighted by Gasteiger charge is 2.28. The minimum atomic E-state index is -3.16. The van der Waals surface area contributed by atoms with Crippen molar-refractivity contribution in [3.8, 4) is 0 Å². The summed E-state index contributed by atoms with van der Waals surface area (Å²) in [5.74, 6) is -1.29. The predicted molar refractivity (Wildman–Crippen MR) is 40.5 cm³/mol. The first-order valence-corrected chi connectivity index (χ1v) is 3.53. The van der Waals surface area contributed by atoms with Crippen molar-refractivity contribution in [3.05, 3.63) is 33.4 Å². The molecule has 1 rings (SSSR count). The van der Waals surface area contributed by atoms with Gasteiger partial charge < -0.3 is 0 Å². The summed E-state index contributed by atoms with van der Waals surface area (Å²) < 4.78 is 37.3. The first-order chi connectivity index (χ1) is 6.43. The molecule has 7 heteroatoms. The molecule has 0 aliphatic heterocycles. The zero-order valence-corrected chi connectivity index (χ0v) is 7.00. The van der Waals surface area contributed by atoms with Crippen LogP contribution in [0.2, 0.25) is 0 Å². The van der Waals surface area contributed by atoms with Crippen LogP contribution in [0, 0.1) is 22.9 Å². The van der Waals surface area contributed by atoms with E-state index < -0.39 is 28.5 Å². The Balaban J connectivity index is 3.44. The van der Waals surface area contributed by atoms with Crippen LogP contribution in [0.15, 0.2) is 6.07 Å². The van der Waals surface area contributed by atoms with Crippen molar-refractivity contribution in [2.75, 3.05) is 0 Å². The van der Waals surface area contributed by atoms with E-state index in [-0.39, 0.29) is 5.69 Å². The molecule has 0 radical (unpaired) electrons. The van der Waals surface area contributed by atoms with Crippen LogP contribution in [0.3, 0.4) is 0 Å². The second-order valence-corrected chi connectivity index (χ2v) is 2.54. The van der Waals surface area contributed by atoms with E-state index in [9.17, 15) is 23.3 Å². The van der Waals surface area contributed by atoms with Gasteiger partial charge in [0, 0.05) is 11.8 Å². The van der Waals surface area contributed by atoms with Gasteiger partial charge in [-0.25, -0.2) is 13.8 Å². The molecule has 76 valence electrons. The molecule has 1 aromatic rings. The molecule has 0 aliphatic carbocycles. The Morgan fingerprint density at radius 1 is 1.57 bits per heavy atom. The highest BCUT2D eigenvalue weighted by atomic mass is 19.3. The lowest BCUT2D eigenvalue weighted by Crippen LogP contribution is -2.03. The number of pyridine rings is 1. The maximum atomic E-state index is 12.9. The molecule has 0 fully saturated rings. The van der Waals surface area contributed by atoms with Crippen LogP contribution in [0.1, 0.15) is 17.8 Å². The van der Waals surface area contributed by atoms with E-state index in [0.717, 1.165) is 6.07 Å². The average Bonchev–Trinajstić information content (AvgIpc) is 2.01. The van der Waals surface area contributed by atoms with Crippen molar-refractivity contribution in [2.45, 2.75) is 13.3 Å². The van der Waals surface area contributed by atoms with Gasteiger partial charge in [0.15, 0.2) is 5.69 Å². The van der Waals surface area contributed by atoms with E-state index in [4.69, 9.17) is 0 Å². The molecular formula is C7H5F3N2O2. The lowest BCUT2D eigenvalue weighted by Gasteiger charge is -2.02. The number of halogens is 3. The van der Waals surface area contributed by atoms with E-state index in [2.05, 4.69) is 4.98 Å². The molecule has 0 atom stereocenters. The van der Waals surface area contributed by atoms with Crippen molar-refractivity contribution in [1.29, 1.82) is 0 Å². The summed E-state index contributed by atoms with van der Waals surface area (Å²) in [5, 5.41) is 10.3.